The van der Waals surface area contributed by atoms with Crippen LogP contribution in [-0.2, 0) is 21.1 Å². The molecule has 2 saturated heterocycles. The van der Waals surface area contributed by atoms with Gasteiger partial charge in [0.1, 0.15) is 5.82 Å². The Hall–Kier alpha value is -1.15. The van der Waals surface area contributed by atoms with E-state index in [1.54, 1.807) is 0 Å². The summed E-state index contributed by atoms with van der Waals surface area (Å²) in [6, 6.07) is 0. The first-order valence-electron chi connectivity index (χ1n) is 9.04. The molecule has 0 bridgehead atoms. The summed E-state index contributed by atoms with van der Waals surface area (Å²) in [5.74, 6) is 2.17. The zero-order valence-corrected chi connectivity index (χ0v) is 15.1. The number of anilines is 1. The topological polar surface area (TPSA) is 77.3 Å². The van der Waals surface area contributed by atoms with Gasteiger partial charge < -0.3 is 9.64 Å². The summed E-state index contributed by atoms with van der Waals surface area (Å²) in [6.45, 7) is 5.25. The number of hydrogen-bond acceptors (Lipinski definition) is 6. The summed E-state index contributed by atoms with van der Waals surface area (Å²) >= 11 is 0. The molecule has 0 radical (unpaired) electrons. The van der Waals surface area contributed by atoms with Gasteiger partial charge in [0.05, 0.1) is 23.7 Å². The molecule has 2 aliphatic heterocycles. The Labute approximate surface area is 143 Å². The quantitative estimate of drug-likeness (QED) is 0.815. The highest BCUT2D eigenvalue weighted by Gasteiger charge is 2.41. The van der Waals surface area contributed by atoms with E-state index in [-0.39, 0.29) is 23.0 Å². The van der Waals surface area contributed by atoms with Gasteiger partial charge in [-0.25, -0.2) is 8.42 Å². The second kappa shape index (κ2) is 5.98. The van der Waals surface area contributed by atoms with Crippen molar-refractivity contribution in [3.8, 4) is 0 Å². The van der Waals surface area contributed by atoms with Crippen LogP contribution in [-0.4, -0.2) is 60.0 Å². The summed E-state index contributed by atoms with van der Waals surface area (Å²) in [6.07, 6.45) is 5.38. The minimum Gasteiger partial charge on any atom is -0.371 e. The monoisotopic (exact) mass is 354 g/mol. The van der Waals surface area contributed by atoms with Gasteiger partial charge in [-0.3, -0.25) is 4.57 Å². The molecule has 0 amide bonds. The summed E-state index contributed by atoms with van der Waals surface area (Å²) in [4.78, 5) is 2.29. The Morgan fingerprint density at radius 2 is 2.08 bits per heavy atom. The molecule has 8 heteroatoms. The summed E-state index contributed by atoms with van der Waals surface area (Å²) in [5, 5.41) is 8.84. The van der Waals surface area contributed by atoms with Crippen LogP contribution < -0.4 is 4.90 Å². The second-order valence-electron chi connectivity index (χ2n) is 7.36. The molecule has 1 spiro atoms. The molecule has 3 fully saturated rings. The van der Waals surface area contributed by atoms with Crippen molar-refractivity contribution < 1.29 is 13.2 Å². The fourth-order valence-corrected chi connectivity index (χ4v) is 6.22. The largest absolute Gasteiger partial charge is 0.371 e. The number of sulfone groups is 1. The fraction of sp³-hybridized carbons (Fsp3) is 0.875. The SMILES string of the molecule is CCn1c([C@H]2CCS(=O)(=O)C2)nnc1N1CCOC2(CCCC2)C1. The van der Waals surface area contributed by atoms with Gasteiger partial charge in [0.2, 0.25) is 5.95 Å². The number of aromatic nitrogens is 3. The van der Waals surface area contributed by atoms with Crippen LogP contribution in [0.4, 0.5) is 5.95 Å². The molecule has 1 saturated carbocycles. The molecule has 24 heavy (non-hydrogen) atoms. The van der Waals surface area contributed by atoms with Crippen LogP contribution in [0.15, 0.2) is 0 Å². The summed E-state index contributed by atoms with van der Waals surface area (Å²) < 4.78 is 31.8. The van der Waals surface area contributed by atoms with Crippen molar-refractivity contribution in [1.82, 2.24) is 14.8 Å². The van der Waals surface area contributed by atoms with Crippen molar-refractivity contribution in [2.45, 2.75) is 57.1 Å². The van der Waals surface area contributed by atoms with Crippen molar-refractivity contribution >= 4 is 15.8 Å². The fourth-order valence-electron chi connectivity index (χ4n) is 4.48. The summed E-state index contributed by atoms with van der Waals surface area (Å²) in [7, 11) is -2.92. The maximum absolute atomic E-state index is 11.8. The van der Waals surface area contributed by atoms with Crippen LogP contribution in [0, 0.1) is 0 Å². The lowest BCUT2D eigenvalue weighted by molar-refractivity contribution is -0.0507. The van der Waals surface area contributed by atoms with Crippen LogP contribution in [0.2, 0.25) is 0 Å². The Bertz CT molecular complexity index is 709. The molecule has 1 aromatic rings. The Balaban J connectivity index is 1.59. The molecule has 0 aromatic carbocycles. The average Bonchev–Trinajstić information content (AvgIpc) is 3.25. The average molecular weight is 354 g/mol. The van der Waals surface area contributed by atoms with Crippen LogP contribution in [0.1, 0.15) is 50.8 Å². The molecular formula is C16H26N4O3S. The molecule has 3 aliphatic rings. The van der Waals surface area contributed by atoms with E-state index in [0.29, 0.717) is 6.42 Å². The van der Waals surface area contributed by atoms with Gasteiger partial charge >= 0.3 is 0 Å². The third kappa shape index (κ3) is 2.83. The Morgan fingerprint density at radius 1 is 1.29 bits per heavy atom. The van der Waals surface area contributed by atoms with Gasteiger partial charge in [0, 0.05) is 25.6 Å². The predicted molar refractivity (Wildman–Crippen MR) is 91.1 cm³/mol. The zero-order chi connectivity index (χ0) is 16.8. The predicted octanol–water partition coefficient (Wildman–Crippen LogP) is 1.35. The van der Waals surface area contributed by atoms with Gasteiger partial charge in [-0.1, -0.05) is 12.8 Å². The van der Waals surface area contributed by atoms with E-state index in [0.717, 1.165) is 50.9 Å². The smallest absolute Gasteiger partial charge is 0.227 e. The van der Waals surface area contributed by atoms with Crippen LogP contribution in [0.25, 0.3) is 0 Å². The van der Waals surface area contributed by atoms with Gasteiger partial charge in [-0.2, -0.15) is 0 Å². The molecule has 0 unspecified atom stereocenters. The summed E-state index contributed by atoms with van der Waals surface area (Å²) in [5.41, 5.74) is -0.0143. The Kier molecular flexibility index (Phi) is 4.07. The lowest BCUT2D eigenvalue weighted by Gasteiger charge is -2.40. The third-order valence-electron chi connectivity index (χ3n) is 5.72. The molecule has 1 aliphatic carbocycles. The lowest BCUT2D eigenvalue weighted by atomic mass is 10.00. The van der Waals surface area contributed by atoms with E-state index >= 15 is 0 Å². The normalized spacial score (nSPS) is 28.7. The van der Waals surface area contributed by atoms with Crippen molar-refractivity contribution in [1.29, 1.82) is 0 Å². The van der Waals surface area contributed by atoms with E-state index < -0.39 is 9.84 Å². The molecular weight excluding hydrogens is 328 g/mol. The maximum atomic E-state index is 11.8. The highest BCUT2D eigenvalue weighted by Crippen LogP contribution is 2.37. The van der Waals surface area contributed by atoms with Crippen LogP contribution in [0.3, 0.4) is 0 Å². The first-order valence-corrected chi connectivity index (χ1v) is 10.9. The highest BCUT2D eigenvalue weighted by atomic mass is 32.2. The minimum absolute atomic E-state index is 0.0143. The number of hydrogen-bond donors (Lipinski definition) is 0. The van der Waals surface area contributed by atoms with E-state index in [1.165, 1.54) is 12.8 Å². The molecule has 3 heterocycles. The molecule has 134 valence electrons. The van der Waals surface area contributed by atoms with E-state index in [1.807, 2.05) is 0 Å². The van der Waals surface area contributed by atoms with Crippen LogP contribution >= 0.6 is 0 Å². The van der Waals surface area contributed by atoms with Gasteiger partial charge in [-0.15, -0.1) is 10.2 Å². The molecule has 0 N–H and O–H groups in total. The van der Waals surface area contributed by atoms with Crippen LogP contribution in [0.5, 0.6) is 0 Å². The third-order valence-corrected chi connectivity index (χ3v) is 7.49. The lowest BCUT2D eigenvalue weighted by Crippen LogP contribution is -2.51. The molecule has 7 nitrogen and oxygen atoms in total. The maximum Gasteiger partial charge on any atom is 0.227 e. The van der Waals surface area contributed by atoms with Crippen molar-refractivity contribution in [2.75, 3.05) is 36.1 Å². The zero-order valence-electron chi connectivity index (χ0n) is 14.3. The standard InChI is InChI=1S/C16H26N4O3S/c1-2-20-14(13-5-10-24(21,22)11-13)17-18-15(20)19-8-9-23-16(12-19)6-3-4-7-16/h13H,2-12H2,1H3/t13-/m0/s1. The van der Waals surface area contributed by atoms with Gasteiger partial charge in [0.15, 0.2) is 9.84 Å². The van der Waals surface area contributed by atoms with Crippen molar-refractivity contribution in [3.05, 3.63) is 5.82 Å². The number of rotatable bonds is 3. The van der Waals surface area contributed by atoms with E-state index in [2.05, 4.69) is 26.6 Å². The van der Waals surface area contributed by atoms with Gasteiger partial charge in [0.25, 0.3) is 0 Å². The van der Waals surface area contributed by atoms with Crippen molar-refractivity contribution in [2.24, 2.45) is 0 Å². The molecule has 1 atom stereocenters. The molecule has 4 rings (SSSR count). The first-order chi connectivity index (χ1) is 11.5. The van der Waals surface area contributed by atoms with Gasteiger partial charge in [-0.05, 0) is 26.2 Å². The first kappa shape index (κ1) is 16.3. The molecule has 1 aromatic heterocycles. The Morgan fingerprint density at radius 3 is 2.75 bits per heavy atom. The van der Waals surface area contributed by atoms with E-state index in [9.17, 15) is 8.42 Å². The highest BCUT2D eigenvalue weighted by molar-refractivity contribution is 7.91. The number of morpholine rings is 1. The minimum atomic E-state index is -2.92. The van der Waals surface area contributed by atoms with E-state index in [4.69, 9.17) is 4.74 Å². The number of ether oxygens (including phenoxy) is 1. The second-order valence-corrected chi connectivity index (χ2v) is 9.59. The van der Waals surface area contributed by atoms with Crippen molar-refractivity contribution in [3.63, 3.8) is 0 Å². The number of nitrogens with zero attached hydrogens (tertiary/aromatic N) is 4.